The lowest BCUT2D eigenvalue weighted by molar-refractivity contribution is 0.0601. The highest BCUT2D eigenvalue weighted by atomic mass is 35.5. The molecule has 0 fully saturated rings. The van der Waals surface area contributed by atoms with Gasteiger partial charge < -0.3 is 15.4 Å². The van der Waals surface area contributed by atoms with Crippen molar-refractivity contribution in [1.29, 1.82) is 0 Å². The number of carbonyl (C=O) groups is 1. The average molecular weight is 390 g/mol. The quantitative estimate of drug-likeness (QED) is 0.622. The molecule has 0 aliphatic carbocycles. The van der Waals surface area contributed by atoms with E-state index < -0.39 is 5.97 Å². The molecule has 0 radical (unpaired) electrons. The van der Waals surface area contributed by atoms with E-state index in [9.17, 15) is 4.79 Å². The Morgan fingerprint density at radius 3 is 2.58 bits per heavy atom. The number of ether oxygens (including phenoxy) is 1. The van der Waals surface area contributed by atoms with E-state index >= 15 is 0 Å². The Bertz CT molecular complexity index is 935. The van der Waals surface area contributed by atoms with E-state index in [4.69, 9.17) is 23.2 Å². The molecule has 1 aromatic heterocycles. The van der Waals surface area contributed by atoms with Crippen molar-refractivity contribution in [3.8, 4) is 0 Å². The predicted molar refractivity (Wildman–Crippen MR) is 101 cm³/mol. The molecule has 26 heavy (non-hydrogen) atoms. The van der Waals surface area contributed by atoms with E-state index in [1.807, 2.05) is 0 Å². The summed E-state index contributed by atoms with van der Waals surface area (Å²) in [6.45, 7) is 0. The lowest BCUT2D eigenvalue weighted by atomic mass is 10.2. The second-order valence-corrected chi connectivity index (χ2v) is 5.87. The van der Waals surface area contributed by atoms with Gasteiger partial charge in [0.25, 0.3) is 0 Å². The molecule has 0 saturated heterocycles. The number of carbonyl (C=O) groups excluding carboxylic acids is 1. The van der Waals surface area contributed by atoms with Crippen LogP contribution < -0.4 is 10.6 Å². The normalized spacial score (nSPS) is 10.3. The maximum atomic E-state index is 11.5. The Morgan fingerprint density at radius 1 is 1.08 bits per heavy atom. The number of methoxy groups -OCH3 is 1. The minimum Gasteiger partial charge on any atom is -0.465 e. The van der Waals surface area contributed by atoms with E-state index in [2.05, 4.69) is 30.6 Å². The van der Waals surface area contributed by atoms with E-state index in [-0.39, 0.29) is 5.95 Å². The highest BCUT2D eigenvalue weighted by molar-refractivity contribution is 6.43. The summed E-state index contributed by atoms with van der Waals surface area (Å²) in [4.78, 5) is 15.8. The average Bonchev–Trinajstić information content (AvgIpc) is 2.66. The van der Waals surface area contributed by atoms with Crippen molar-refractivity contribution in [1.82, 2.24) is 15.2 Å². The Hall–Kier alpha value is -2.90. The highest BCUT2D eigenvalue weighted by Crippen LogP contribution is 2.31. The summed E-state index contributed by atoms with van der Waals surface area (Å²) in [7, 11) is 1.34. The molecule has 0 spiro atoms. The van der Waals surface area contributed by atoms with Crippen molar-refractivity contribution < 1.29 is 9.53 Å². The third-order valence-corrected chi connectivity index (χ3v) is 4.15. The molecule has 0 bridgehead atoms. The van der Waals surface area contributed by atoms with E-state index in [1.165, 1.54) is 13.3 Å². The Balaban J connectivity index is 1.75. The molecule has 0 aliphatic rings. The van der Waals surface area contributed by atoms with Crippen LogP contribution in [0, 0.1) is 0 Å². The van der Waals surface area contributed by atoms with Crippen molar-refractivity contribution >= 4 is 52.3 Å². The zero-order valence-electron chi connectivity index (χ0n) is 13.5. The second-order valence-electron chi connectivity index (χ2n) is 5.09. The molecular formula is C17H13Cl2N5O2. The van der Waals surface area contributed by atoms with Gasteiger partial charge in [0, 0.05) is 5.69 Å². The van der Waals surface area contributed by atoms with Gasteiger partial charge in [0.05, 0.1) is 34.6 Å². The van der Waals surface area contributed by atoms with E-state index in [1.54, 1.807) is 42.5 Å². The molecule has 0 saturated carbocycles. The van der Waals surface area contributed by atoms with Gasteiger partial charge in [-0.1, -0.05) is 29.3 Å². The first-order valence-electron chi connectivity index (χ1n) is 7.43. The number of nitrogens with zero attached hydrogens (tertiary/aromatic N) is 3. The Kier molecular flexibility index (Phi) is 5.50. The van der Waals surface area contributed by atoms with Crippen molar-refractivity contribution in [2.24, 2.45) is 0 Å². The van der Waals surface area contributed by atoms with Crippen LogP contribution in [0.1, 0.15) is 10.4 Å². The molecule has 1 heterocycles. The first-order valence-corrected chi connectivity index (χ1v) is 8.18. The van der Waals surface area contributed by atoms with Crippen molar-refractivity contribution in [3.05, 3.63) is 64.3 Å². The number of nitrogens with one attached hydrogen (secondary N) is 2. The highest BCUT2D eigenvalue weighted by Gasteiger charge is 2.08. The van der Waals surface area contributed by atoms with Crippen LogP contribution in [0.3, 0.4) is 0 Å². The zero-order chi connectivity index (χ0) is 18.5. The third-order valence-electron chi connectivity index (χ3n) is 3.34. The first-order chi connectivity index (χ1) is 12.6. The number of esters is 1. The molecule has 2 aromatic carbocycles. The largest absolute Gasteiger partial charge is 0.465 e. The zero-order valence-corrected chi connectivity index (χ0v) is 15.0. The summed E-state index contributed by atoms with van der Waals surface area (Å²) in [6.07, 6.45) is 1.47. The molecule has 0 aliphatic heterocycles. The maximum Gasteiger partial charge on any atom is 0.337 e. The molecule has 3 aromatic rings. The van der Waals surface area contributed by atoms with Crippen molar-refractivity contribution in [2.75, 3.05) is 17.7 Å². The minimum atomic E-state index is -0.398. The number of aromatic nitrogens is 3. The summed E-state index contributed by atoms with van der Waals surface area (Å²) < 4.78 is 4.67. The van der Waals surface area contributed by atoms with Crippen molar-refractivity contribution in [2.45, 2.75) is 0 Å². The molecule has 2 N–H and O–H groups in total. The van der Waals surface area contributed by atoms with Gasteiger partial charge in [-0.3, -0.25) is 0 Å². The van der Waals surface area contributed by atoms with E-state index in [0.717, 1.165) is 5.69 Å². The van der Waals surface area contributed by atoms with Gasteiger partial charge in [0.15, 0.2) is 5.82 Å². The number of hydrogen-bond acceptors (Lipinski definition) is 7. The van der Waals surface area contributed by atoms with Crippen molar-refractivity contribution in [3.63, 3.8) is 0 Å². The van der Waals surface area contributed by atoms with Crippen LogP contribution >= 0.6 is 23.2 Å². The van der Waals surface area contributed by atoms with Gasteiger partial charge in [0.1, 0.15) is 0 Å². The van der Waals surface area contributed by atoms with Crippen LogP contribution in [0.4, 0.5) is 23.1 Å². The molecule has 7 nitrogen and oxygen atoms in total. The van der Waals surface area contributed by atoms with E-state index in [0.29, 0.717) is 27.1 Å². The fraction of sp³-hybridized carbons (Fsp3) is 0.0588. The molecular weight excluding hydrogens is 377 g/mol. The van der Waals surface area contributed by atoms with Gasteiger partial charge in [0.2, 0.25) is 5.95 Å². The molecule has 9 heteroatoms. The lowest BCUT2D eigenvalue weighted by Gasteiger charge is -2.09. The number of hydrogen-bond donors (Lipinski definition) is 2. The molecule has 0 amide bonds. The summed E-state index contributed by atoms with van der Waals surface area (Å²) in [5.74, 6) is 0.321. The maximum absolute atomic E-state index is 11.5. The third kappa shape index (κ3) is 4.19. The number of benzene rings is 2. The van der Waals surface area contributed by atoms with Crippen LogP contribution in [0.2, 0.25) is 10.0 Å². The molecule has 0 unspecified atom stereocenters. The molecule has 3 rings (SSSR count). The van der Waals surface area contributed by atoms with Crippen LogP contribution in [-0.4, -0.2) is 28.3 Å². The number of rotatable bonds is 5. The SMILES string of the molecule is COC(=O)c1ccc(Nc2cnnc(Nc3cccc(Cl)c3Cl)n2)cc1. The fourth-order valence-corrected chi connectivity index (χ4v) is 2.44. The van der Waals surface area contributed by atoms with Crippen LogP contribution in [0.15, 0.2) is 48.7 Å². The second kappa shape index (κ2) is 7.99. The summed E-state index contributed by atoms with van der Waals surface area (Å²) in [6, 6.07) is 12.0. The lowest BCUT2D eigenvalue weighted by Crippen LogP contribution is -2.03. The topological polar surface area (TPSA) is 89.0 Å². The smallest absolute Gasteiger partial charge is 0.337 e. The van der Waals surface area contributed by atoms with Gasteiger partial charge in [-0.2, -0.15) is 10.1 Å². The minimum absolute atomic E-state index is 0.255. The van der Waals surface area contributed by atoms with Crippen LogP contribution in [0.25, 0.3) is 0 Å². The first kappa shape index (κ1) is 17.9. The standard InChI is InChI=1S/C17H13Cl2N5O2/c1-26-16(25)10-5-7-11(8-6-10)21-14-9-20-24-17(23-14)22-13-4-2-3-12(18)15(13)19/h2-9H,1H3,(H2,21,22,23,24). The summed E-state index contributed by atoms with van der Waals surface area (Å²) in [5, 5.41) is 14.7. The van der Waals surface area contributed by atoms with Gasteiger partial charge in [-0.25, -0.2) is 4.79 Å². The van der Waals surface area contributed by atoms with Gasteiger partial charge in [-0.15, -0.1) is 5.10 Å². The number of anilines is 4. The van der Waals surface area contributed by atoms with Crippen LogP contribution in [-0.2, 0) is 4.74 Å². The van der Waals surface area contributed by atoms with Crippen LogP contribution in [0.5, 0.6) is 0 Å². The summed E-state index contributed by atoms with van der Waals surface area (Å²) >= 11 is 12.1. The fourth-order valence-electron chi connectivity index (χ4n) is 2.09. The summed E-state index contributed by atoms with van der Waals surface area (Å²) in [5.41, 5.74) is 1.75. The monoisotopic (exact) mass is 389 g/mol. The van der Waals surface area contributed by atoms with Gasteiger partial charge in [-0.05, 0) is 36.4 Å². The Morgan fingerprint density at radius 2 is 1.85 bits per heavy atom. The molecule has 0 atom stereocenters. The Labute approximate surface area is 159 Å². The van der Waals surface area contributed by atoms with Gasteiger partial charge >= 0.3 is 5.97 Å². The predicted octanol–water partition coefficient (Wildman–Crippen LogP) is 4.45. The number of halogens is 2. The molecule has 132 valence electrons.